The zero-order valence-electron chi connectivity index (χ0n) is 6.96. The van der Waals surface area contributed by atoms with Crippen molar-refractivity contribution >= 4 is 5.97 Å². The van der Waals surface area contributed by atoms with Gasteiger partial charge in [0, 0.05) is 0 Å². The molecule has 1 aliphatic rings. The van der Waals surface area contributed by atoms with E-state index in [9.17, 15) is 9.18 Å². The topological polar surface area (TPSA) is 37.3 Å². The van der Waals surface area contributed by atoms with Crippen molar-refractivity contribution < 1.29 is 14.3 Å². The van der Waals surface area contributed by atoms with Crippen LogP contribution in [0.15, 0.2) is 18.2 Å². The molecule has 1 aromatic rings. The fourth-order valence-electron chi connectivity index (χ4n) is 1.84. The summed E-state index contributed by atoms with van der Waals surface area (Å²) in [6.45, 7) is 0. The molecule has 0 saturated carbocycles. The summed E-state index contributed by atoms with van der Waals surface area (Å²) < 4.78 is 12.7. The third kappa shape index (κ3) is 1.30. The number of aliphatic carboxylic acids is 1. The molecule has 13 heavy (non-hydrogen) atoms. The fourth-order valence-corrected chi connectivity index (χ4v) is 1.84. The number of halogens is 1. The molecule has 0 fully saturated rings. The molecular formula is C10H9FO2. The van der Waals surface area contributed by atoms with Crippen molar-refractivity contribution in [3.8, 4) is 0 Å². The molecule has 0 amide bonds. The highest BCUT2D eigenvalue weighted by Crippen LogP contribution is 2.33. The first-order valence-electron chi connectivity index (χ1n) is 4.19. The predicted octanol–water partition coefficient (Wildman–Crippen LogP) is 1.94. The van der Waals surface area contributed by atoms with Crippen LogP contribution >= 0.6 is 0 Å². The third-order valence-electron chi connectivity index (χ3n) is 2.48. The average molecular weight is 180 g/mol. The number of rotatable bonds is 1. The van der Waals surface area contributed by atoms with Gasteiger partial charge in [0.25, 0.3) is 0 Å². The van der Waals surface area contributed by atoms with E-state index in [1.807, 2.05) is 0 Å². The fraction of sp³-hybridized carbons (Fsp3) is 0.300. The van der Waals surface area contributed by atoms with Gasteiger partial charge in [0.05, 0.1) is 5.92 Å². The zero-order valence-corrected chi connectivity index (χ0v) is 6.96. The molecule has 0 aliphatic heterocycles. The quantitative estimate of drug-likeness (QED) is 0.717. The summed E-state index contributed by atoms with van der Waals surface area (Å²) in [6, 6.07) is 4.33. The molecule has 2 nitrogen and oxygen atoms in total. The van der Waals surface area contributed by atoms with Crippen molar-refractivity contribution in [1.82, 2.24) is 0 Å². The van der Waals surface area contributed by atoms with Gasteiger partial charge in [-0.3, -0.25) is 4.79 Å². The normalized spacial score (nSPS) is 19.9. The van der Waals surface area contributed by atoms with Gasteiger partial charge >= 0.3 is 5.97 Å². The van der Waals surface area contributed by atoms with E-state index in [4.69, 9.17) is 5.11 Å². The molecule has 0 unspecified atom stereocenters. The minimum Gasteiger partial charge on any atom is -0.481 e. The van der Waals surface area contributed by atoms with Gasteiger partial charge in [-0.2, -0.15) is 0 Å². The van der Waals surface area contributed by atoms with Crippen LogP contribution in [0, 0.1) is 5.82 Å². The number of aryl methyl sites for hydroxylation is 1. The van der Waals surface area contributed by atoms with Crippen LogP contribution in [0.2, 0.25) is 0 Å². The summed E-state index contributed by atoms with van der Waals surface area (Å²) in [7, 11) is 0. The van der Waals surface area contributed by atoms with E-state index in [1.165, 1.54) is 12.1 Å². The number of hydrogen-bond acceptors (Lipinski definition) is 1. The van der Waals surface area contributed by atoms with E-state index in [2.05, 4.69) is 0 Å². The van der Waals surface area contributed by atoms with Crippen LogP contribution in [0.1, 0.15) is 23.5 Å². The standard InChI is InChI=1S/C10H9FO2/c11-7-2-4-8-6(5-7)1-3-9(8)10(12)13/h2,4-5,9H,1,3H2,(H,12,13)/t9-/m1/s1. The van der Waals surface area contributed by atoms with E-state index in [-0.39, 0.29) is 5.82 Å². The van der Waals surface area contributed by atoms with Crippen LogP contribution in [0.5, 0.6) is 0 Å². The Kier molecular flexibility index (Phi) is 1.79. The van der Waals surface area contributed by atoms with Crippen molar-refractivity contribution in [1.29, 1.82) is 0 Å². The van der Waals surface area contributed by atoms with Gasteiger partial charge < -0.3 is 5.11 Å². The summed E-state index contributed by atoms with van der Waals surface area (Å²) in [5, 5.41) is 8.84. The SMILES string of the molecule is O=C(O)[C@@H]1CCc2cc(F)ccc21. The molecule has 1 atom stereocenters. The Labute approximate surface area is 75.0 Å². The van der Waals surface area contributed by atoms with Crippen LogP contribution in [0.3, 0.4) is 0 Å². The second-order valence-corrected chi connectivity index (χ2v) is 3.27. The van der Waals surface area contributed by atoms with Crippen LogP contribution in [-0.2, 0) is 11.2 Å². The Morgan fingerprint density at radius 1 is 1.54 bits per heavy atom. The molecule has 3 heteroatoms. The van der Waals surface area contributed by atoms with E-state index < -0.39 is 11.9 Å². The zero-order chi connectivity index (χ0) is 9.42. The lowest BCUT2D eigenvalue weighted by molar-refractivity contribution is -0.138. The maximum Gasteiger partial charge on any atom is 0.310 e. The van der Waals surface area contributed by atoms with Crippen molar-refractivity contribution in [2.24, 2.45) is 0 Å². The Morgan fingerprint density at radius 2 is 2.31 bits per heavy atom. The molecular weight excluding hydrogens is 171 g/mol. The smallest absolute Gasteiger partial charge is 0.310 e. The number of carboxylic acids is 1. The van der Waals surface area contributed by atoms with E-state index in [0.717, 1.165) is 11.1 Å². The minimum absolute atomic E-state index is 0.287. The van der Waals surface area contributed by atoms with Crippen LogP contribution < -0.4 is 0 Å². The van der Waals surface area contributed by atoms with Gasteiger partial charge in [-0.15, -0.1) is 0 Å². The Morgan fingerprint density at radius 3 is 3.00 bits per heavy atom. The average Bonchev–Trinajstić information content (AvgIpc) is 2.46. The van der Waals surface area contributed by atoms with Gasteiger partial charge in [0.2, 0.25) is 0 Å². The first kappa shape index (κ1) is 8.23. The molecule has 0 aromatic heterocycles. The minimum atomic E-state index is -0.814. The third-order valence-corrected chi connectivity index (χ3v) is 2.48. The second-order valence-electron chi connectivity index (χ2n) is 3.27. The van der Waals surface area contributed by atoms with Gasteiger partial charge in [-0.05, 0) is 36.1 Å². The summed E-state index contributed by atoms with van der Waals surface area (Å²) in [5.74, 6) is -1.54. The predicted molar refractivity (Wildman–Crippen MR) is 45.1 cm³/mol. The molecule has 1 aromatic carbocycles. The van der Waals surface area contributed by atoms with Crippen LogP contribution in [-0.4, -0.2) is 11.1 Å². The molecule has 1 N–H and O–H groups in total. The summed E-state index contributed by atoms with van der Waals surface area (Å²) in [4.78, 5) is 10.8. The van der Waals surface area contributed by atoms with Gasteiger partial charge in [0.1, 0.15) is 5.82 Å². The lowest BCUT2D eigenvalue weighted by Crippen LogP contribution is -2.07. The Bertz CT molecular complexity index is 360. The molecule has 0 spiro atoms. The monoisotopic (exact) mass is 180 g/mol. The number of carboxylic acid groups (broad SMARTS) is 1. The molecule has 68 valence electrons. The maximum absolute atomic E-state index is 12.7. The van der Waals surface area contributed by atoms with E-state index in [1.54, 1.807) is 6.07 Å². The summed E-state index contributed by atoms with van der Waals surface area (Å²) >= 11 is 0. The van der Waals surface area contributed by atoms with Crippen molar-refractivity contribution in [3.05, 3.63) is 35.1 Å². The summed E-state index contributed by atoms with van der Waals surface area (Å²) in [6.07, 6.45) is 1.26. The largest absolute Gasteiger partial charge is 0.481 e. The number of carbonyl (C=O) groups is 1. The lowest BCUT2D eigenvalue weighted by Gasteiger charge is -2.04. The van der Waals surface area contributed by atoms with E-state index >= 15 is 0 Å². The Hall–Kier alpha value is -1.38. The first-order valence-corrected chi connectivity index (χ1v) is 4.19. The number of fused-ring (bicyclic) bond motifs is 1. The number of benzene rings is 1. The molecule has 0 radical (unpaired) electrons. The van der Waals surface area contributed by atoms with Gasteiger partial charge in [0.15, 0.2) is 0 Å². The maximum atomic E-state index is 12.7. The highest BCUT2D eigenvalue weighted by atomic mass is 19.1. The molecule has 0 saturated heterocycles. The second kappa shape index (κ2) is 2.83. The van der Waals surface area contributed by atoms with Crippen molar-refractivity contribution in [2.45, 2.75) is 18.8 Å². The van der Waals surface area contributed by atoms with Gasteiger partial charge in [-0.1, -0.05) is 6.07 Å². The molecule has 2 rings (SSSR count). The first-order chi connectivity index (χ1) is 6.18. The molecule has 0 bridgehead atoms. The number of hydrogen-bond donors (Lipinski definition) is 1. The highest BCUT2D eigenvalue weighted by molar-refractivity contribution is 5.77. The lowest BCUT2D eigenvalue weighted by atomic mass is 10.0. The van der Waals surface area contributed by atoms with Crippen LogP contribution in [0.4, 0.5) is 4.39 Å². The van der Waals surface area contributed by atoms with Crippen LogP contribution in [0.25, 0.3) is 0 Å². The molecule has 1 aliphatic carbocycles. The van der Waals surface area contributed by atoms with Crippen molar-refractivity contribution in [3.63, 3.8) is 0 Å². The highest BCUT2D eigenvalue weighted by Gasteiger charge is 2.28. The Balaban J connectivity index is 2.44. The van der Waals surface area contributed by atoms with Gasteiger partial charge in [-0.25, -0.2) is 4.39 Å². The molecule has 0 heterocycles. The van der Waals surface area contributed by atoms with E-state index in [0.29, 0.717) is 12.8 Å². The van der Waals surface area contributed by atoms with Crippen molar-refractivity contribution in [2.75, 3.05) is 0 Å². The summed E-state index contributed by atoms with van der Waals surface area (Å²) in [5.41, 5.74) is 1.61.